The van der Waals surface area contributed by atoms with Gasteiger partial charge in [0, 0.05) is 0 Å². The number of hydrogen-bond acceptors (Lipinski definition) is 3. The van der Waals surface area contributed by atoms with Crippen molar-refractivity contribution in [3.8, 4) is 0 Å². The summed E-state index contributed by atoms with van der Waals surface area (Å²) in [4.78, 5) is 23.5. The Balaban J connectivity index is 4.06. The molecule has 3 nitrogen and oxygen atoms in total. The molecule has 3 heteroatoms. The van der Waals surface area contributed by atoms with Gasteiger partial charge in [0.15, 0.2) is 0 Å². The molecule has 0 bridgehead atoms. The molecule has 112 valence electrons. The summed E-state index contributed by atoms with van der Waals surface area (Å²) in [6.45, 7) is 9.15. The van der Waals surface area contributed by atoms with Crippen LogP contribution in [0.1, 0.15) is 79.6 Å². The monoisotopic (exact) mass is 270 g/mol. The fourth-order valence-corrected chi connectivity index (χ4v) is 1.99. The third-order valence-electron chi connectivity index (χ3n) is 3.03. The second kappa shape index (κ2) is 9.11. The fraction of sp³-hybridized carbons (Fsp3) is 0.875. The molecule has 0 aromatic rings. The van der Waals surface area contributed by atoms with Gasteiger partial charge in [0.25, 0.3) is 0 Å². The second-order valence-corrected chi connectivity index (χ2v) is 6.25. The highest BCUT2D eigenvalue weighted by atomic mass is 16.6. The number of carbonyl (C=O) groups is 2. The van der Waals surface area contributed by atoms with Gasteiger partial charge in [0.2, 0.25) is 0 Å². The lowest BCUT2D eigenvalue weighted by molar-refractivity contribution is -0.162. The van der Waals surface area contributed by atoms with Gasteiger partial charge in [-0.2, -0.15) is 0 Å². The van der Waals surface area contributed by atoms with Crippen molar-refractivity contribution in [1.82, 2.24) is 0 Å². The van der Waals surface area contributed by atoms with Crippen molar-refractivity contribution in [2.45, 2.75) is 85.2 Å². The molecule has 0 amide bonds. The number of Topliss-reactive ketones (excluding diaryl/α,β-unsaturated/α-hetero) is 1. The zero-order valence-corrected chi connectivity index (χ0v) is 13.3. The third-order valence-corrected chi connectivity index (χ3v) is 3.03. The van der Waals surface area contributed by atoms with Crippen LogP contribution in [0.25, 0.3) is 0 Å². The molecule has 0 spiro atoms. The Morgan fingerprint density at radius 2 is 1.53 bits per heavy atom. The number of ether oxygens (including phenoxy) is 1. The molecule has 0 aromatic carbocycles. The topological polar surface area (TPSA) is 43.4 Å². The van der Waals surface area contributed by atoms with Crippen LogP contribution in [0.15, 0.2) is 0 Å². The van der Waals surface area contributed by atoms with E-state index in [4.69, 9.17) is 4.74 Å². The average Bonchev–Trinajstić information content (AvgIpc) is 2.24. The van der Waals surface area contributed by atoms with E-state index < -0.39 is 11.5 Å². The van der Waals surface area contributed by atoms with Crippen LogP contribution < -0.4 is 0 Å². The van der Waals surface area contributed by atoms with Gasteiger partial charge in [-0.25, -0.2) is 0 Å². The van der Waals surface area contributed by atoms with Crippen LogP contribution in [-0.2, 0) is 14.3 Å². The first-order valence-corrected chi connectivity index (χ1v) is 7.51. The highest BCUT2D eigenvalue weighted by molar-refractivity contribution is 5.97. The van der Waals surface area contributed by atoms with Gasteiger partial charge in [-0.3, -0.25) is 9.59 Å². The minimum Gasteiger partial charge on any atom is -0.459 e. The average molecular weight is 270 g/mol. The number of unbranched alkanes of at least 4 members (excludes halogenated alkanes) is 5. The maximum Gasteiger partial charge on any atom is 0.316 e. The van der Waals surface area contributed by atoms with Crippen LogP contribution in [0.4, 0.5) is 0 Å². The van der Waals surface area contributed by atoms with Gasteiger partial charge in [0.1, 0.15) is 17.3 Å². The highest BCUT2D eigenvalue weighted by Gasteiger charge is 2.28. The van der Waals surface area contributed by atoms with E-state index in [9.17, 15) is 9.59 Å². The Morgan fingerprint density at radius 1 is 1.00 bits per heavy atom. The Morgan fingerprint density at radius 3 is 2.00 bits per heavy atom. The van der Waals surface area contributed by atoms with E-state index >= 15 is 0 Å². The van der Waals surface area contributed by atoms with Crippen LogP contribution in [0.5, 0.6) is 0 Å². The lowest BCUT2D eigenvalue weighted by atomic mass is 9.96. The standard InChI is InChI=1S/C16H30O3/c1-6-7-8-9-10-11-12-14(13(2)17)15(18)19-16(3,4)5/h14H,6-12H2,1-5H3. The van der Waals surface area contributed by atoms with Crippen LogP contribution >= 0.6 is 0 Å². The summed E-state index contributed by atoms with van der Waals surface area (Å²) in [7, 11) is 0. The van der Waals surface area contributed by atoms with E-state index in [2.05, 4.69) is 6.92 Å². The molecule has 0 saturated heterocycles. The molecule has 0 aliphatic heterocycles. The number of hydrogen-bond donors (Lipinski definition) is 0. The Kier molecular flexibility index (Phi) is 8.70. The van der Waals surface area contributed by atoms with Gasteiger partial charge in [0.05, 0.1) is 0 Å². The summed E-state index contributed by atoms with van der Waals surface area (Å²) in [6, 6.07) is 0. The first-order chi connectivity index (χ1) is 8.78. The van der Waals surface area contributed by atoms with Gasteiger partial charge in [-0.15, -0.1) is 0 Å². The molecule has 0 heterocycles. The van der Waals surface area contributed by atoms with Crippen molar-refractivity contribution in [1.29, 1.82) is 0 Å². The molecule has 0 rings (SSSR count). The van der Waals surface area contributed by atoms with Crippen molar-refractivity contribution in [3.05, 3.63) is 0 Å². The lowest BCUT2D eigenvalue weighted by Gasteiger charge is -2.22. The Hall–Kier alpha value is -0.860. The number of rotatable bonds is 9. The maximum atomic E-state index is 11.9. The van der Waals surface area contributed by atoms with Gasteiger partial charge < -0.3 is 4.74 Å². The normalized spacial score (nSPS) is 13.1. The summed E-state index contributed by atoms with van der Waals surface area (Å²) in [5.74, 6) is -1.03. The van der Waals surface area contributed by atoms with Crippen molar-refractivity contribution < 1.29 is 14.3 Å². The SMILES string of the molecule is CCCCCCCCC(C(C)=O)C(=O)OC(C)(C)C. The Bertz CT molecular complexity index is 276. The van der Waals surface area contributed by atoms with E-state index in [0.29, 0.717) is 6.42 Å². The van der Waals surface area contributed by atoms with E-state index in [0.717, 1.165) is 12.8 Å². The molecule has 0 radical (unpaired) electrons. The third kappa shape index (κ3) is 9.69. The molecule has 19 heavy (non-hydrogen) atoms. The van der Waals surface area contributed by atoms with Gasteiger partial charge in [-0.05, 0) is 34.1 Å². The molecule has 0 aromatic heterocycles. The van der Waals surface area contributed by atoms with Crippen LogP contribution in [0, 0.1) is 5.92 Å². The summed E-state index contributed by atoms with van der Waals surface area (Å²) in [6.07, 6.45) is 7.56. The first-order valence-electron chi connectivity index (χ1n) is 7.51. The quantitative estimate of drug-likeness (QED) is 0.357. The zero-order valence-electron chi connectivity index (χ0n) is 13.3. The van der Waals surface area contributed by atoms with E-state index in [1.807, 2.05) is 20.8 Å². The maximum absolute atomic E-state index is 11.9. The molecule has 0 saturated carbocycles. The van der Waals surface area contributed by atoms with Crippen LogP contribution in [0.2, 0.25) is 0 Å². The zero-order chi connectivity index (χ0) is 14.9. The molecule has 0 aliphatic rings. The van der Waals surface area contributed by atoms with E-state index in [1.54, 1.807) is 0 Å². The second-order valence-electron chi connectivity index (χ2n) is 6.25. The largest absolute Gasteiger partial charge is 0.459 e. The van der Waals surface area contributed by atoms with Gasteiger partial charge >= 0.3 is 5.97 Å². The predicted octanol–water partition coefficient (Wildman–Crippen LogP) is 4.28. The van der Waals surface area contributed by atoms with Crippen molar-refractivity contribution in [2.24, 2.45) is 5.92 Å². The first kappa shape index (κ1) is 18.1. The van der Waals surface area contributed by atoms with Crippen molar-refractivity contribution in [3.63, 3.8) is 0 Å². The van der Waals surface area contributed by atoms with E-state index in [-0.39, 0.29) is 11.8 Å². The number of esters is 1. The molecule has 1 unspecified atom stereocenters. The van der Waals surface area contributed by atoms with Crippen LogP contribution in [0.3, 0.4) is 0 Å². The molecule has 0 N–H and O–H groups in total. The summed E-state index contributed by atoms with van der Waals surface area (Å²) >= 11 is 0. The molecular formula is C16H30O3. The Labute approximate surface area is 118 Å². The molecular weight excluding hydrogens is 240 g/mol. The summed E-state index contributed by atoms with van der Waals surface area (Å²) < 4.78 is 5.30. The van der Waals surface area contributed by atoms with Crippen molar-refractivity contribution in [2.75, 3.05) is 0 Å². The fourth-order valence-electron chi connectivity index (χ4n) is 1.99. The van der Waals surface area contributed by atoms with E-state index in [1.165, 1.54) is 32.6 Å². The molecule has 1 atom stereocenters. The highest BCUT2D eigenvalue weighted by Crippen LogP contribution is 2.18. The summed E-state index contributed by atoms with van der Waals surface area (Å²) in [5.41, 5.74) is -0.522. The van der Waals surface area contributed by atoms with Crippen molar-refractivity contribution >= 4 is 11.8 Å². The lowest BCUT2D eigenvalue weighted by Crippen LogP contribution is -2.31. The summed E-state index contributed by atoms with van der Waals surface area (Å²) in [5, 5.41) is 0. The predicted molar refractivity (Wildman–Crippen MR) is 78.0 cm³/mol. The smallest absolute Gasteiger partial charge is 0.316 e. The molecule has 0 aliphatic carbocycles. The number of carbonyl (C=O) groups excluding carboxylic acids is 2. The van der Waals surface area contributed by atoms with Gasteiger partial charge in [-0.1, -0.05) is 45.4 Å². The minimum absolute atomic E-state index is 0.0807. The molecule has 0 fully saturated rings. The number of ketones is 1. The minimum atomic E-state index is -0.578. The van der Waals surface area contributed by atoms with Crippen LogP contribution in [-0.4, -0.2) is 17.4 Å².